The summed E-state index contributed by atoms with van der Waals surface area (Å²) in [5.41, 5.74) is 5.92. The number of imidazole rings is 1. The van der Waals surface area contributed by atoms with E-state index in [2.05, 4.69) is 4.98 Å². The third kappa shape index (κ3) is 2.48. The van der Waals surface area contributed by atoms with Crippen molar-refractivity contribution < 1.29 is 4.74 Å². The fraction of sp³-hybridized carbons (Fsp3) is 0.643. The molecule has 0 aliphatic heterocycles. The van der Waals surface area contributed by atoms with Crippen LogP contribution in [0.1, 0.15) is 25.7 Å². The van der Waals surface area contributed by atoms with Crippen LogP contribution in [0, 0.1) is 0 Å². The standard InChI is InChI=1S/C14H23N5O3/c1-5-18-12-11(13(20)17(3)14(18)21)19(9(2)8-15)10(16-12)6-7-22-4/h9H,5-8,15H2,1-4H3. The van der Waals surface area contributed by atoms with Crippen LogP contribution >= 0.6 is 0 Å². The largest absolute Gasteiger partial charge is 0.384 e. The van der Waals surface area contributed by atoms with Crippen LogP contribution < -0.4 is 17.0 Å². The number of hydrogen-bond donors (Lipinski definition) is 1. The minimum absolute atomic E-state index is 0.0904. The van der Waals surface area contributed by atoms with E-state index in [0.717, 1.165) is 4.57 Å². The van der Waals surface area contributed by atoms with Crippen molar-refractivity contribution in [2.24, 2.45) is 12.8 Å². The van der Waals surface area contributed by atoms with Crippen molar-refractivity contribution in [3.63, 3.8) is 0 Å². The summed E-state index contributed by atoms with van der Waals surface area (Å²) in [4.78, 5) is 29.3. The van der Waals surface area contributed by atoms with Gasteiger partial charge in [0.1, 0.15) is 5.82 Å². The fourth-order valence-corrected chi connectivity index (χ4v) is 2.61. The zero-order valence-corrected chi connectivity index (χ0v) is 13.5. The van der Waals surface area contributed by atoms with Crippen LogP contribution in [-0.2, 0) is 24.8 Å². The quantitative estimate of drug-likeness (QED) is 0.785. The lowest BCUT2D eigenvalue weighted by molar-refractivity contribution is 0.199. The Morgan fingerprint density at radius 2 is 2.05 bits per heavy atom. The van der Waals surface area contributed by atoms with Gasteiger partial charge in [-0.1, -0.05) is 0 Å². The number of nitrogens with two attached hydrogens (primary N) is 1. The highest BCUT2D eigenvalue weighted by atomic mass is 16.5. The van der Waals surface area contributed by atoms with Gasteiger partial charge in [-0.25, -0.2) is 9.78 Å². The molecule has 0 radical (unpaired) electrons. The van der Waals surface area contributed by atoms with Crippen LogP contribution in [0.5, 0.6) is 0 Å². The summed E-state index contributed by atoms with van der Waals surface area (Å²) in [5.74, 6) is 0.708. The zero-order valence-electron chi connectivity index (χ0n) is 13.5. The first kappa shape index (κ1) is 16.4. The Hall–Kier alpha value is -1.93. The van der Waals surface area contributed by atoms with Crippen molar-refractivity contribution in [3.8, 4) is 0 Å². The van der Waals surface area contributed by atoms with E-state index >= 15 is 0 Å². The summed E-state index contributed by atoms with van der Waals surface area (Å²) in [5, 5.41) is 0. The normalized spacial score (nSPS) is 13.0. The van der Waals surface area contributed by atoms with Gasteiger partial charge in [-0.2, -0.15) is 0 Å². The van der Waals surface area contributed by atoms with Gasteiger partial charge < -0.3 is 15.0 Å². The number of nitrogens with zero attached hydrogens (tertiary/aromatic N) is 4. The lowest BCUT2D eigenvalue weighted by Gasteiger charge is -2.15. The lowest BCUT2D eigenvalue weighted by Crippen LogP contribution is -2.38. The van der Waals surface area contributed by atoms with E-state index in [9.17, 15) is 9.59 Å². The molecule has 0 saturated heterocycles. The monoisotopic (exact) mass is 309 g/mol. The van der Waals surface area contributed by atoms with Crippen LogP contribution in [-0.4, -0.2) is 38.9 Å². The fourth-order valence-electron chi connectivity index (χ4n) is 2.61. The predicted octanol–water partition coefficient (Wildman–Crippen LogP) is -0.375. The Kier molecular flexibility index (Phi) is 4.82. The molecule has 1 atom stereocenters. The van der Waals surface area contributed by atoms with E-state index in [4.69, 9.17) is 10.5 Å². The van der Waals surface area contributed by atoms with Crippen molar-refractivity contribution in [1.82, 2.24) is 18.7 Å². The second-order valence-corrected chi connectivity index (χ2v) is 5.29. The SMILES string of the molecule is CCn1c(=O)n(C)c(=O)c2c1nc(CCOC)n2C(C)CN. The Balaban J connectivity index is 2.90. The van der Waals surface area contributed by atoms with E-state index in [1.807, 2.05) is 18.4 Å². The highest BCUT2D eigenvalue weighted by Gasteiger charge is 2.22. The molecule has 0 aromatic carbocycles. The minimum Gasteiger partial charge on any atom is -0.384 e. The first-order chi connectivity index (χ1) is 10.5. The Labute approximate surface area is 128 Å². The molecule has 2 rings (SSSR count). The van der Waals surface area contributed by atoms with Crippen molar-refractivity contribution in [1.29, 1.82) is 0 Å². The van der Waals surface area contributed by atoms with E-state index in [0.29, 0.717) is 43.1 Å². The van der Waals surface area contributed by atoms with Crippen LogP contribution in [0.2, 0.25) is 0 Å². The second-order valence-electron chi connectivity index (χ2n) is 5.29. The summed E-state index contributed by atoms with van der Waals surface area (Å²) >= 11 is 0. The number of methoxy groups -OCH3 is 1. The number of aromatic nitrogens is 4. The number of aryl methyl sites for hydroxylation is 1. The van der Waals surface area contributed by atoms with Gasteiger partial charge in [0.05, 0.1) is 6.61 Å². The third-order valence-corrected chi connectivity index (χ3v) is 3.87. The molecule has 122 valence electrons. The molecule has 0 bridgehead atoms. The van der Waals surface area contributed by atoms with Gasteiger partial charge in [0.25, 0.3) is 5.56 Å². The molecule has 2 aromatic heterocycles. The molecular weight excluding hydrogens is 286 g/mol. The van der Waals surface area contributed by atoms with Crippen molar-refractivity contribution in [2.45, 2.75) is 32.9 Å². The highest BCUT2D eigenvalue weighted by Crippen LogP contribution is 2.18. The van der Waals surface area contributed by atoms with E-state index < -0.39 is 0 Å². The summed E-state index contributed by atoms with van der Waals surface area (Å²) in [6.45, 7) is 5.09. The van der Waals surface area contributed by atoms with Gasteiger partial charge in [0.2, 0.25) is 0 Å². The number of hydrogen-bond acceptors (Lipinski definition) is 5. The van der Waals surface area contributed by atoms with Gasteiger partial charge >= 0.3 is 5.69 Å². The summed E-state index contributed by atoms with van der Waals surface area (Å²) < 4.78 is 9.57. The molecule has 1 unspecified atom stereocenters. The first-order valence-electron chi connectivity index (χ1n) is 7.37. The highest BCUT2D eigenvalue weighted by molar-refractivity contribution is 5.71. The molecule has 0 aliphatic rings. The molecule has 22 heavy (non-hydrogen) atoms. The molecular formula is C14H23N5O3. The molecule has 2 N–H and O–H groups in total. The van der Waals surface area contributed by atoms with Crippen LogP contribution in [0.15, 0.2) is 9.59 Å². The number of fused-ring (bicyclic) bond motifs is 1. The van der Waals surface area contributed by atoms with Crippen LogP contribution in [0.3, 0.4) is 0 Å². The molecule has 2 heterocycles. The van der Waals surface area contributed by atoms with E-state index in [-0.39, 0.29) is 17.3 Å². The second kappa shape index (κ2) is 6.45. The van der Waals surface area contributed by atoms with Crippen molar-refractivity contribution >= 4 is 11.2 Å². The van der Waals surface area contributed by atoms with Gasteiger partial charge in [-0.15, -0.1) is 0 Å². The number of ether oxygens (including phenoxy) is 1. The summed E-state index contributed by atoms with van der Waals surface area (Å²) in [7, 11) is 3.09. The average Bonchev–Trinajstić information content (AvgIpc) is 2.89. The van der Waals surface area contributed by atoms with E-state index in [1.165, 1.54) is 11.6 Å². The van der Waals surface area contributed by atoms with Gasteiger partial charge in [0.15, 0.2) is 11.2 Å². The van der Waals surface area contributed by atoms with Crippen molar-refractivity contribution in [3.05, 3.63) is 26.7 Å². The predicted molar refractivity (Wildman–Crippen MR) is 84.3 cm³/mol. The Morgan fingerprint density at radius 3 is 2.59 bits per heavy atom. The maximum Gasteiger partial charge on any atom is 0.332 e. The zero-order chi connectivity index (χ0) is 16.4. The summed E-state index contributed by atoms with van der Waals surface area (Å²) in [6.07, 6.45) is 0.552. The van der Waals surface area contributed by atoms with Gasteiger partial charge in [0, 0.05) is 39.7 Å². The first-order valence-corrected chi connectivity index (χ1v) is 7.37. The molecule has 0 amide bonds. The molecule has 0 saturated carbocycles. The van der Waals surface area contributed by atoms with Gasteiger partial charge in [-0.3, -0.25) is 13.9 Å². The molecule has 0 spiro atoms. The smallest absolute Gasteiger partial charge is 0.332 e. The topological polar surface area (TPSA) is 97.1 Å². The maximum atomic E-state index is 12.6. The van der Waals surface area contributed by atoms with Gasteiger partial charge in [-0.05, 0) is 13.8 Å². The summed E-state index contributed by atoms with van der Waals surface area (Å²) in [6, 6.07) is -0.0904. The lowest BCUT2D eigenvalue weighted by atomic mass is 10.3. The molecule has 8 nitrogen and oxygen atoms in total. The number of rotatable bonds is 6. The molecule has 2 aromatic rings. The van der Waals surface area contributed by atoms with Crippen LogP contribution in [0.25, 0.3) is 11.2 Å². The van der Waals surface area contributed by atoms with Crippen LogP contribution in [0.4, 0.5) is 0 Å². The molecule has 0 aliphatic carbocycles. The van der Waals surface area contributed by atoms with E-state index in [1.54, 1.807) is 7.11 Å². The third-order valence-electron chi connectivity index (χ3n) is 3.87. The molecule has 8 heteroatoms. The minimum atomic E-state index is -0.358. The Morgan fingerprint density at radius 1 is 1.36 bits per heavy atom. The van der Waals surface area contributed by atoms with Crippen molar-refractivity contribution in [2.75, 3.05) is 20.3 Å². The Bertz CT molecular complexity index is 786. The molecule has 0 fully saturated rings. The average molecular weight is 309 g/mol. The maximum absolute atomic E-state index is 12.6.